The summed E-state index contributed by atoms with van der Waals surface area (Å²) >= 11 is 0. The van der Waals surface area contributed by atoms with Crippen molar-refractivity contribution in [3.05, 3.63) is 35.9 Å². The lowest BCUT2D eigenvalue weighted by Crippen LogP contribution is -2.58. The van der Waals surface area contributed by atoms with Crippen LogP contribution in [0.5, 0.6) is 0 Å². The van der Waals surface area contributed by atoms with E-state index in [-0.39, 0.29) is 6.04 Å². The van der Waals surface area contributed by atoms with E-state index < -0.39 is 23.9 Å². The summed E-state index contributed by atoms with van der Waals surface area (Å²) < 4.78 is 5.25. The largest absolute Gasteiger partial charge is 0.481 e. The molecule has 2 aliphatic heterocycles. The van der Waals surface area contributed by atoms with Crippen molar-refractivity contribution < 1.29 is 19.4 Å². The topological polar surface area (TPSA) is 66.8 Å². The van der Waals surface area contributed by atoms with Crippen molar-refractivity contribution in [3.8, 4) is 0 Å². The van der Waals surface area contributed by atoms with Crippen LogP contribution in [-0.2, 0) is 14.3 Å². The molecular weight excluding hydrogens is 258 g/mol. The number of aliphatic carboxylic acids is 1. The number of morpholine rings is 1. The minimum Gasteiger partial charge on any atom is -0.481 e. The molecule has 2 saturated heterocycles. The lowest BCUT2D eigenvalue weighted by Gasteiger charge is -2.45. The molecule has 0 saturated carbocycles. The summed E-state index contributed by atoms with van der Waals surface area (Å²) in [6.45, 7) is 1.04. The van der Waals surface area contributed by atoms with Crippen molar-refractivity contribution in [1.29, 1.82) is 0 Å². The number of hydrogen-bond donors (Lipinski definition) is 1. The Bertz CT molecular complexity index is 516. The summed E-state index contributed by atoms with van der Waals surface area (Å²) in [5.41, 5.74) is 1.07. The third-order valence-electron chi connectivity index (χ3n) is 4.20. The van der Waals surface area contributed by atoms with Crippen LogP contribution in [0.1, 0.15) is 24.4 Å². The summed E-state index contributed by atoms with van der Waals surface area (Å²) in [7, 11) is 0. The second-order valence-corrected chi connectivity index (χ2v) is 5.33. The van der Waals surface area contributed by atoms with Gasteiger partial charge in [0.25, 0.3) is 0 Å². The fraction of sp³-hybridized carbons (Fsp3) is 0.467. The van der Waals surface area contributed by atoms with Crippen LogP contribution in [-0.4, -0.2) is 41.1 Å². The highest BCUT2D eigenvalue weighted by Crippen LogP contribution is 2.36. The van der Waals surface area contributed by atoms with Gasteiger partial charge in [-0.3, -0.25) is 14.5 Å². The molecule has 1 N–H and O–H groups in total. The number of cyclic esters (lactones) is 1. The van der Waals surface area contributed by atoms with Crippen molar-refractivity contribution in [2.45, 2.75) is 24.9 Å². The Morgan fingerprint density at radius 2 is 2.05 bits per heavy atom. The Hall–Kier alpha value is -1.88. The number of nitrogens with zero attached hydrogens (tertiary/aromatic N) is 1. The van der Waals surface area contributed by atoms with E-state index in [0.717, 1.165) is 18.5 Å². The van der Waals surface area contributed by atoms with Crippen molar-refractivity contribution in [1.82, 2.24) is 4.90 Å². The molecule has 1 aromatic rings. The predicted molar refractivity (Wildman–Crippen MR) is 71.0 cm³/mol. The zero-order chi connectivity index (χ0) is 14.1. The number of carbonyl (C=O) groups excluding carboxylic acids is 1. The van der Waals surface area contributed by atoms with Gasteiger partial charge < -0.3 is 9.84 Å². The normalized spacial score (nSPS) is 30.4. The molecule has 0 spiro atoms. The van der Waals surface area contributed by atoms with Gasteiger partial charge in [-0.25, -0.2) is 0 Å². The molecular formula is C15H17NO4. The standard InChI is InChI=1S/C15H17NO4/c17-14(18)11-7-4-8-16-12(9-20-15(19)13(11)16)10-5-2-1-3-6-10/h1-3,5-6,11-13H,4,7-9H2,(H,17,18)/t11?,12-,13?/m1/s1. The van der Waals surface area contributed by atoms with Crippen molar-refractivity contribution in [2.75, 3.05) is 13.2 Å². The lowest BCUT2D eigenvalue weighted by molar-refractivity contribution is -0.175. The van der Waals surface area contributed by atoms with E-state index in [9.17, 15) is 14.7 Å². The highest BCUT2D eigenvalue weighted by atomic mass is 16.5. The Labute approximate surface area is 117 Å². The molecule has 2 aliphatic rings. The zero-order valence-corrected chi connectivity index (χ0v) is 11.1. The molecule has 2 fully saturated rings. The first-order valence-corrected chi connectivity index (χ1v) is 6.88. The summed E-state index contributed by atoms with van der Waals surface area (Å²) in [5.74, 6) is -1.97. The van der Waals surface area contributed by atoms with E-state index in [0.29, 0.717) is 13.0 Å². The third kappa shape index (κ3) is 2.18. The molecule has 5 nitrogen and oxygen atoms in total. The number of carbonyl (C=O) groups is 2. The molecule has 0 aliphatic carbocycles. The van der Waals surface area contributed by atoms with Gasteiger partial charge in [0.2, 0.25) is 0 Å². The first kappa shape index (κ1) is 13.1. The minimum atomic E-state index is -0.912. The molecule has 0 radical (unpaired) electrons. The fourth-order valence-corrected chi connectivity index (χ4v) is 3.23. The van der Waals surface area contributed by atoms with E-state index in [4.69, 9.17) is 4.74 Å². The van der Waals surface area contributed by atoms with E-state index in [1.165, 1.54) is 0 Å². The molecule has 2 heterocycles. The zero-order valence-electron chi connectivity index (χ0n) is 11.1. The van der Waals surface area contributed by atoms with Crippen LogP contribution in [0.3, 0.4) is 0 Å². The van der Waals surface area contributed by atoms with Gasteiger partial charge in [-0.15, -0.1) is 0 Å². The first-order valence-electron chi connectivity index (χ1n) is 6.88. The molecule has 20 heavy (non-hydrogen) atoms. The van der Waals surface area contributed by atoms with Crippen LogP contribution in [0, 0.1) is 5.92 Å². The summed E-state index contributed by atoms with van der Waals surface area (Å²) in [5, 5.41) is 9.32. The van der Waals surface area contributed by atoms with Gasteiger partial charge in [0.15, 0.2) is 0 Å². The first-order chi connectivity index (χ1) is 9.68. The molecule has 5 heteroatoms. The van der Waals surface area contributed by atoms with Gasteiger partial charge in [-0.2, -0.15) is 0 Å². The third-order valence-corrected chi connectivity index (χ3v) is 4.20. The highest BCUT2D eigenvalue weighted by Gasteiger charge is 2.47. The van der Waals surface area contributed by atoms with Crippen LogP contribution in [0.4, 0.5) is 0 Å². The number of benzene rings is 1. The Morgan fingerprint density at radius 1 is 1.30 bits per heavy atom. The molecule has 2 unspecified atom stereocenters. The average molecular weight is 275 g/mol. The number of esters is 1. The summed E-state index contributed by atoms with van der Waals surface area (Å²) in [6.07, 6.45) is 1.33. The van der Waals surface area contributed by atoms with Crippen LogP contribution >= 0.6 is 0 Å². The number of rotatable bonds is 2. The maximum atomic E-state index is 12.0. The van der Waals surface area contributed by atoms with E-state index in [1.54, 1.807) is 0 Å². The number of carboxylic acid groups (broad SMARTS) is 1. The van der Waals surface area contributed by atoms with E-state index in [1.807, 2.05) is 35.2 Å². The smallest absolute Gasteiger partial charge is 0.324 e. The Balaban J connectivity index is 1.92. The van der Waals surface area contributed by atoms with E-state index in [2.05, 4.69) is 0 Å². The van der Waals surface area contributed by atoms with Crippen LogP contribution in [0.2, 0.25) is 0 Å². The van der Waals surface area contributed by atoms with Gasteiger partial charge in [-0.05, 0) is 24.9 Å². The molecule has 0 aromatic heterocycles. The minimum absolute atomic E-state index is 0.0407. The SMILES string of the molecule is O=C(O)C1CCCN2C1C(=O)OC[C@@H]2c1ccccc1. The quantitative estimate of drug-likeness (QED) is 0.827. The molecule has 0 amide bonds. The van der Waals surface area contributed by atoms with Crippen LogP contribution < -0.4 is 0 Å². The Morgan fingerprint density at radius 3 is 2.75 bits per heavy atom. The second kappa shape index (κ2) is 5.25. The summed E-state index contributed by atoms with van der Waals surface area (Å²) in [4.78, 5) is 25.4. The van der Waals surface area contributed by atoms with Crippen LogP contribution in [0.25, 0.3) is 0 Å². The van der Waals surface area contributed by atoms with Gasteiger partial charge in [-0.1, -0.05) is 30.3 Å². The Kier molecular flexibility index (Phi) is 3.44. The number of hydrogen-bond acceptors (Lipinski definition) is 4. The van der Waals surface area contributed by atoms with Gasteiger partial charge >= 0.3 is 11.9 Å². The van der Waals surface area contributed by atoms with E-state index >= 15 is 0 Å². The van der Waals surface area contributed by atoms with Crippen molar-refractivity contribution >= 4 is 11.9 Å². The number of ether oxygens (including phenoxy) is 1. The second-order valence-electron chi connectivity index (χ2n) is 5.33. The predicted octanol–water partition coefficient (Wildman–Crippen LogP) is 1.45. The van der Waals surface area contributed by atoms with Crippen molar-refractivity contribution in [3.63, 3.8) is 0 Å². The molecule has 3 rings (SSSR count). The lowest BCUT2D eigenvalue weighted by atomic mass is 9.86. The summed E-state index contributed by atoms with van der Waals surface area (Å²) in [6, 6.07) is 9.11. The average Bonchev–Trinajstić information content (AvgIpc) is 2.48. The molecule has 0 bridgehead atoms. The number of carboxylic acids is 1. The maximum Gasteiger partial charge on any atom is 0.324 e. The maximum absolute atomic E-state index is 12.0. The van der Waals surface area contributed by atoms with Gasteiger partial charge in [0, 0.05) is 0 Å². The monoisotopic (exact) mass is 275 g/mol. The van der Waals surface area contributed by atoms with Gasteiger partial charge in [0.05, 0.1) is 12.0 Å². The molecule has 1 aromatic carbocycles. The number of fused-ring (bicyclic) bond motifs is 1. The van der Waals surface area contributed by atoms with Crippen molar-refractivity contribution in [2.24, 2.45) is 5.92 Å². The van der Waals surface area contributed by atoms with Crippen LogP contribution in [0.15, 0.2) is 30.3 Å². The highest BCUT2D eigenvalue weighted by molar-refractivity contribution is 5.84. The number of piperidine rings is 1. The van der Waals surface area contributed by atoms with Gasteiger partial charge in [0.1, 0.15) is 12.6 Å². The fourth-order valence-electron chi connectivity index (χ4n) is 3.23. The molecule has 106 valence electrons. The molecule has 3 atom stereocenters.